The van der Waals surface area contributed by atoms with Gasteiger partial charge in [-0.3, -0.25) is 4.98 Å². The van der Waals surface area contributed by atoms with Crippen LogP contribution in [0.4, 0.5) is 5.82 Å². The van der Waals surface area contributed by atoms with E-state index in [0.29, 0.717) is 5.92 Å². The van der Waals surface area contributed by atoms with Gasteiger partial charge in [0.1, 0.15) is 17.3 Å². The highest BCUT2D eigenvalue weighted by Crippen LogP contribution is 2.29. The molecule has 0 radical (unpaired) electrons. The lowest BCUT2D eigenvalue weighted by molar-refractivity contribution is 0.497. The minimum absolute atomic E-state index is 0.373. The van der Waals surface area contributed by atoms with Crippen molar-refractivity contribution in [2.24, 2.45) is 7.05 Å². The Morgan fingerprint density at radius 2 is 2.04 bits per heavy atom. The van der Waals surface area contributed by atoms with Gasteiger partial charge in [-0.2, -0.15) is 0 Å². The molecule has 1 unspecified atom stereocenters. The average Bonchev–Trinajstić information content (AvgIpc) is 3.01. The van der Waals surface area contributed by atoms with Crippen LogP contribution in [0.1, 0.15) is 30.3 Å². The van der Waals surface area contributed by atoms with Crippen molar-refractivity contribution in [1.29, 1.82) is 0 Å². The van der Waals surface area contributed by atoms with Gasteiger partial charge in [0.2, 0.25) is 0 Å². The summed E-state index contributed by atoms with van der Waals surface area (Å²) in [5.41, 5.74) is 2.94. The van der Waals surface area contributed by atoms with Crippen LogP contribution in [-0.4, -0.2) is 37.6 Å². The average molecular weight is 334 g/mol. The molecule has 1 aliphatic rings. The number of pyridine rings is 1. The van der Waals surface area contributed by atoms with Crippen molar-refractivity contribution in [3.8, 4) is 11.4 Å². The molecule has 3 aromatic heterocycles. The minimum Gasteiger partial charge on any atom is -0.356 e. The monoisotopic (exact) mass is 334 g/mol. The number of aryl methyl sites for hydroxylation is 1. The lowest BCUT2D eigenvalue weighted by Crippen LogP contribution is -2.35. The van der Waals surface area contributed by atoms with E-state index in [0.717, 1.165) is 54.7 Å². The van der Waals surface area contributed by atoms with Gasteiger partial charge >= 0.3 is 0 Å². The van der Waals surface area contributed by atoms with E-state index in [-0.39, 0.29) is 0 Å². The van der Waals surface area contributed by atoms with Crippen molar-refractivity contribution in [3.63, 3.8) is 0 Å². The maximum atomic E-state index is 4.90. The summed E-state index contributed by atoms with van der Waals surface area (Å²) in [6.07, 6.45) is 9.71. The fourth-order valence-electron chi connectivity index (χ4n) is 3.41. The van der Waals surface area contributed by atoms with E-state index in [1.807, 2.05) is 50.9 Å². The molecule has 1 aliphatic heterocycles. The molecule has 0 bridgehead atoms. The Morgan fingerprint density at radius 3 is 2.80 bits per heavy atom. The van der Waals surface area contributed by atoms with Crippen LogP contribution in [0.25, 0.3) is 11.4 Å². The first-order chi connectivity index (χ1) is 12.2. The summed E-state index contributed by atoms with van der Waals surface area (Å²) < 4.78 is 2.05. The summed E-state index contributed by atoms with van der Waals surface area (Å²) in [5.74, 6) is 2.39. The zero-order valence-electron chi connectivity index (χ0n) is 14.6. The molecule has 1 atom stereocenters. The third kappa shape index (κ3) is 3.12. The Morgan fingerprint density at radius 1 is 1.12 bits per heavy atom. The van der Waals surface area contributed by atoms with Gasteiger partial charge in [0.05, 0.1) is 23.8 Å². The van der Waals surface area contributed by atoms with Crippen LogP contribution in [0.2, 0.25) is 0 Å². The lowest BCUT2D eigenvalue weighted by atomic mass is 9.95. The summed E-state index contributed by atoms with van der Waals surface area (Å²) in [6.45, 7) is 3.97. The Labute approximate surface area is 147 Å². The van der Waals surface area contributed by atoms with E-state index in [1.165, 1.54) is 0 Å². The Hall–Kier alpha value is -2.76. The standard InChI is InChI=1S/C19H22N6/c1-14-22-12-18(24(14)2)17-11-20-10-16(23-17)15-6-5-9-25(13-15)19-7-3-4-8-21-19/h3-4,7-8,10-12,15H,5-6,9,13H2,1-2H3. The van der Waals surface area contributed by atoms with Crippen molar-refractivity contribution >= 4 is 5.82 Å². The molecule has 6 nitrogen and oxygen atoms in total. The van der Waals surface area contributed by atoms with Crippen LogP contribution in [0.5, 0.6) is 0 Å². The molecule has 0 aliphatic carbocycles. The molecule has 3 aromatic rings. The number of hydrogen-bond donors (Lipinski definition) is 0. The van der Waals surface area contributed by atoms with Crippen LogP contribution in [0, 0.1) is 6.92 Å². The molecule has 1 saturated heterocycles. The molecule has 0 saturated carbocycles. The highest BCUT2D eigenvalue weighted by atomic mass is 15.2. The lowest BCUT2D eigenvalue weighted by Gasteiger charge is -2.33. The van der Waals surface area contributed by atoms with E-state index in [1.54, 1.807) is 0 Å². The zero-order chi connectivity index (χ0) is 17.2. The smallest absolute Gasteiger partial charge is 0.128 e. The van der Waals surface area contributed by atoms with Crippen molar-refractivity contribution in [1.82, 2.24) is 24.5 Å². The number of rotatable bonds is 3. The topological polar surface area (TPSA) is 59.7 Å². The Kier molecular flexibility index (Phi) is 4.17. The molecule has 0 N–H and O–H groups in total. The number of hydrogen-bond acceptors (Lipinski definition) is 5. The van der Waals surface area contributed by atoms with Crippen LogP contribution < -0.4 is 4.90 Å². The van der Waals surface area contributed by atoms with E-state index in [4.69, 9.17) is 4.98 Å². The van der Waals surface area contributed by atoms with Crippen molar-refractivity contribution in [2.45, 2.75) is 25.7 Å². The normalized spacial score (nSPS) is 17.7. The van der Waals surface area contributed by atoms with Gasteiger partial charge in [-0.05, 0) is 31.9 Å². The molecule has 4 heterocycles. The number of imidazole rings is 1. The summed E-state index contributed by atoms with van der Waals surface area (Å²) in [7, 11) is 2.01. The van der Waals surface area contributed by atoms with E-state index in [9.17, 15) is 0 Å². The summed E-state index contributed by atoms with van der Waals surface area (Å²) in [4.78, 5) is 20.5. The maximum Gasteiger partial charge on any atom is 0.128 e. The van der Waals surface area contributed by atoms with Crippen LogP contribution in [0.3, 0.4) is 0 Å². The SMILES string of the molecule is Cc1ncc(-c2cncc(C3CCCN(c4ccccn4)C3)n2)n1C. The third-order valence-electron chi connectivity index (χ3n) is 4.95. The van der Waals surface area contributed by atoms with Gasteiger partial charge in [-0.1, -0.05) is 6.07 Å². The van der Waals surface area contributed by atoms with Gasteiger partial charge < -0.3 is 9.47 Å². The molecule has 0 spiro atoms. The zero-order valence-corrected chi connectivity index (χ0v) is 14.6. The first-order valence-corrected chi connectivity index (χ1v) is 8.69. The minimum atomic E-state index is 0.373. The van der Waals surface area contributed by atoms with Gasteiger partial charge in [0, 0.05) is 38.4 Å². The maximum absolute atomic E-state index is 4.90. The van der Waals surface area contributed by atoms with Crippen molar-refractivity contribution in [2.75, 3.05) is 18.0 Å². The number of nitrogens with zero attached hydrogens (tertiary/aromatic N) is 6. The van der Waals surface area contributed by atoms with Gasteiger partial charge in [-0.15, -0.1) is 0 Å². The molecule has 0 amide bonds. The van der Waals surface area contributed by atoms with Gasteiger partial charge in [0.25, 0.3) is 0 Å². The first-order valence-electron chi connectivity index (χ1n) is 8.69. The Bertz CT molecular complexity index is 857. The summed E-state index contributed by atoms with van der Waals surface area (Å²) in [6, 6.07) is 6.07. The highest BCUT2D eigenvalue weighted by Gasteiger charge is 2.24. The van der Waals surface area contributed by atoms with Crippen LogP contribution in [0.15, 0.2) is 43.0 Å². The van der Waals surface area contributed by atoms with Gasteiger partial charge in [0.15, 0.2) is 0 Å². The quantitative estimate of drug-likeness (QED) is 0.737. The summed E-state index contributed by atoms with van der Waals surface area (Å²) in [5, 5.41) is 0. The number of piperidine rings is 1. The van der Waals surface area contributed by atoms with Crippen molar-refractivity contribution in [3.05, 3.63) is 54.5 Å². The highest BCUT2D eigenvalue weighted by molar-refractivity contribution is 5.53. The predicted molar refractivity (Wildman–Crippen MR) is 97.4 cm³/mol. The second kappa shape index (κ2) is 6.63. The van der Waals surface area contributed by atoms with E-state index in [2.05, 4.69) is 30.5 Å². The molecule has 0 aromatic carbocycles. The van der Waals surface area contributed by atoms with Crippen LogP contribution in [-0.2, 0) is 7.05 Å². The fraction of sp³-hybridized carbons (Fsp3) is 0.368. The number of anilines is 1. The molecule has 1 fully saturated rings. The fourth-order valence-corrected chi connectivity index (χ4v) is 3.41. The van der Waals surface area contributed by atoms with Crippen molar-refractivity contribution < 1.29 is 0 Å². The Balaban J connectivity index is 1.59. The first kappa shape index (κ1) is 15.7. The molecular weight excluding hydrogens is 312 g/mol. The molecular formula is C19H22N6. The second-order valence-corrected chi connectivity index (χ2v) is 6.55. The van der Waals surface area contributed by atoms with Gasteiger partial charge in [-0.25, -0.2) is 15.0 Å². The summed E-state index contributed by atoms with van der Waals surface area (Å²) >= 11 is 0. The van der Waals surface area contributed by atoms with E-state index >= 15 is 0 Å². The largest absolute Gasteiger partial charge is 0.356 e. The third-order valence-corrected chi connectivity index (χ3v) is 4.95. The van der Waals surface area contributed by atoms with E-state index < -0.39 is 0 Å². The molecule has 4 rings (SSSR count). The number of aromatic nitrogens is 5. The molecule has 25 heavy (non-hydrogen) atoms. The van der Waals surface area contributed by atoms with Crippen LogP contribution >= 0.6 is 0 Å². The second-order valence-electron chi connectivity index (χ2n) is 6.55. The molecule has 128 valence electrons. The predicted octanol–water partition coefficient (Wildman–Crippen LogP) is 2.96. The molecule has 6 heteroatoms.